The van der Waals surface area contributed by atoms with Crippen LogP contribution in [-0.2, 0) is 0 Å². The number of hydrogen-bond acceptors (Lipinski definition) is 6. The Hall–Kier alpha value is -2.06. The molecule has 3 N–H and O–H groups in total. The van der Waals surface area contributed by atoms with Crippen molar-refractivity contribution in [1.82, 2.24) is 20.8 Å². The number of nitrogens with zero attached hydrogens (tertiary/aromatic N) is 2. The largest absolute Gasteiger partial charge is 0.488 e. The average molecular weight is 319 g/mol. The Morgan fingerprint density at radius 1 is 1.55 bits per heavy atom. The van der Waals surface area contributed by atoms with E-state index in [9.17, 15) is 4.79 Å². The molecule has 0 saturated carbocycles. The molecular weight excluding hydrogens is 302 g/mol. The topological polar surface area (TPSA) is 82.3 Å². The van der Waals surface area contributed by atoms with E-state index in [1.807, 2.05) is 13.2 Å². The Kier molecular flexibility index (Phi) is 3.27. The van der Waals surface area contributed by atoms with Gasteiger partial charge >= 0.3 is 0 Å². The van der Waals surface area contributed by atoms with Crippen molar-refractivity contribution in [3.63, 3.8) is 0 Å². The molecule has 0 saturated heterocycles. The van der Waals surface area contributed by atoms with Crippen LogP contribution in [0.2, 0.25) is 0 Å². The lowest BCUT2D eigenvalue weighted by atomic mass is 10.2. The Morgan fingerprint density at radius 3 is 3.23 bits per heavy atom. The van der Waals surface area contributed by atoms with Crippen molar-refractivity contribution >= 4 is 22.9 Å². The van der Waals surface area contributed by atoms with Gasteiger partial charge in [0.05, 0.1) is 23.7 Å². The molecule has 0 bridgehead atoms. The molecule has 0 unspecified atom stereocenters. The summed E-state index contributed by atoms with van der Waals surface area (Å²) in [6.45, 7) is 2.98. The highest BCUT2D eigenvalue weighted by atomic mass is 32.1. The summed E-state index contributed by atoms with van der Waals surface area (Å²) in [5.74, 6) is 0.789. The van der Waals surface area contributed by atoms with Crippen LogP contribution in [0.15, 0.2) is 12.4 Å². The van der Waals surface area contributed by atoms with Gasteiger partial charge < -0.3 is 20.3 Å². The van der Waals surface area contributed by atoms with Crippen LogP contribution in [0.5, 0.6) is 5.75 Å². The van der Waals surface area contributed by atoms with Crippen molar-refractivity contribution in [3.05, 3.63) is 17.3 Å². The molecule has 0 aromatic carbocycles. The van der Waals surface area contributed by atoms with Crippen LogP contribution in [0.4, 0.5) is 5.69 Å². The number of thiophene rings is 1. The molecule has 7 nitrogen and oxygen atoms in total. The van der Waals surface area contributed by atoms with Crippen molar-refractivity contribution in [2.75, 3.05) is 38.2 Å². The van der Waals surface area contributed by atoms with Gasteiger partial charge in [-0.15, -0.1) is 11.3 Å². The summed E-state index contributed by atoms with van der Waals surface area (Å²) in [5, 5.41) is 13.0. The zero-order valence-electron chi connectivity index (χ0n) is 12.2. The summed E-state index contributed by atoms with van der Waals surface area (Å²) in [6, 6.07) is 0.0976. The minimum absolute atomic E-state index is 0.0238. The van der Waals surface area contributed by atoms with E-state index in [0.29, 0.717) is 6.61 Å². The summed E-state index contributed by atoms with van der Waals surface area (Å²) in [5.41, 5.74) is 1.89. The molecule has 8 heteroatoms. The van der Waals surface area contributed by atoms with E-state index in [0.717, 1.165) is 46.4 Å². The predicted molar refractivity (Wildman–Crippen MR) is 84.8 cm³/mol. The van der Waals surface area contributed by atoms with Crippen molar-refractivity contribution in [1.29, 1.82) is 0 Å². The van der Waals surface area contributed by atoms with Gasteiger partial charge in [-0.2, -0.15) is 5.10 Å². The minimum atomic E-state index is -0.0238. The van der Waals surface area contributed by atoms with E-state index >= 15 is 0 Å². The van der Waals surface area contributed by atoms with Crippen LogP contribution in [0.25, 0.3) is 10.4 Å². The molecule has 22 heavy (non-hydrogen) atoms. The number of likely N-dealkylation sites (N-methyl/N-ethyl adjacent to an activating group) is 1. The molecule has 2 aliphatic heterocycles. The first-order valence-corrected chi connectivity index (χ1v) is 8.08. The van der Waals surface area contributed by atoms with E-state index < -0.39 is 0 Å². The van der Waals surface area contributed by atoms with Crippen molar-refractivity contribution < 1.29 is 9.53 Å². The second kappa shape index (κ2) is 5.29. The molecule has 4 heterocycles. The number of hydrogen-bond donors (Lipinski definition) is 3. The number of carbonyl (C=O) groups excluding carboxylic acids is 1. The van der Waals surface area contributed by atoms with Crippen LogP contribution in [0.3, 0.4) is 0 Å². The highest BCUT2D eigenvalue weighted by Gasteiger charge is 2.35. The first kappa shape index (κ1) is 13.6. The van der Waals surface area contributed by atoms with Gasteiger partial charge in [0.25, 0.3) is 5.91 Å². The number of ether oxygens (including phenoxy) is 1. The normalized spacial score (nSPS) is 20.1. The fourth-order valence-electron chi connectivity index (χ4n) is 3.02. The van der Waals surface area contributed by atoms with Crippen LogP contribution in [0.1, 0.15) is 9.67 Å². The summed E-state index contributed by atoms with van der Waals surface area (Å²) in [4.78, 5) is 16.5. The van der Waals surface area contributed by atoms with Gasteiger partial charge in [-0.25, -0.2) is 0 Å². The van der Waals surface area contributed by atoms with Gasteiger partial charge in [0, 0.05) is 24.8 Å². The smallest absolute Gasteiger partial charge is 0.263 e. The van der Waals surface area contributed by atoms with E-state index in [1.54, 1.807) is 6.20 Å². The van der Waals surface area contributed by atoms with Crippen LogP contribution < -0.4 is 20.3 Å². The summed E-state index contributed by atoms with van der Waals surface area (Å²) in [7, 11) is 1.90. The Morgan fingerprint density at radius 2 is 2.45 bits per heavy atom. The van der Waals surface area contributed by atoms with Crippen molar-refractivity contribution in [2.45, 2.75) is 6.04 Å². The number of H-pyrrole nitrogens is 1. The fraction of sp³-hybridized carbons (Fsp3) is 0.429. The summed E-state index contributed by atoms with van der Waals surface area (Å²) in [6.07, 6.45) is 3.58. The van der Waals surface area contributed by atoms with E-state index in [2.05, 4.69) is 25.7 Å². The van der Waals surface area contributed by atoms with Crippen molar-refractivity contribution in [3.8, 4) is 16.2 Å². The first-order valence-electron chi connectivity index (χ1n) is 7.27. The van der Waals surface area contributed by atoms with Gasteiger partial charge in [-0.1, -0.05) is 0 Å². The molecule has 0 spiro atoms. The molecule has 0 aliphatic carbocycles. The van der Waals surface area contributed by atoms with Crippen molar-refractivity contribution in [2.24, 2.45) is 0 Å². The lowest BCUT2D eigenvalue weighted by Gasteiger charge is -2.31. The molecule has 116 valence electrons. The van der Waals surface area contributed by atoms with E-state index in [4.69, 9.17) is 4.74 Å². The summed E-state index contributed by atoms with van der Waals surface area (Å²) >= 11 is 1.47. The van der Waals surface area contributed by atoms with Gasteiger partial charge in [0.2, 0.25) is 0 Å². The first-order chi connectivity index (χ1) is 10.8. The molecule has 0 radical (unpaired) electrons. The Labute approximate surface area is 131 Å². The predicted octanol–water partition coefficient (Wildman–Crippen LogP) is 0.668. The molecule has 0 fully saturated rings. The zero-order valence-corrected chi connectivity index (χ0v) is 13.0. The van der Waals surface area contributed by atoms with Crippen LogP contribution in [-0.4, -0.2) is 55.4 Å². The fourth-order valence-corrected chi connectivity index (χ4v) is 4.18. The quantitative estimate of drug-likeness (QED) is 0.774. The molecule has 4 rings (SSSR count). The molecule has 2 aromatic rings. The van der Waals surface area contributed by atoms with Gasteiger partial charge in [0.15, 0.2) is 5.75 Å². The zero-order chi connectivity index (χ0) is 15.1. The number of aromatic amines is 1. The number of anilines is 1. The number of carbonyl (C=O) groups is 1. The lowest BCUT2D eigenvalue weighted by Crippen LogP contribution is -2.47. The highest BCUT2D eigenvalue weighted by Crippen LogP contribution is 2.49. The summed E-state index contributed by atoms with van der Waals surface area (Å²) < 4.78 is 5.90. The SMILES string of the molecule is CNC[C@H]1CN2CCOc3c(-c4cn[nH]c4)sc(c32)C(=O)N1. The van der Waals surface area contributed by atoms with Crippen LogP contribution >= 0.6 is 11.3 Å². The Balaban J connectivity index is 1.81. The minimum Gasteiger partial charge on any atom is -0.488 e. The molecular formula is C14H17N5O2S. The van der Waals surface area contributed by atoms with Gasteiger partial charge in [-0.05, 0) is 7.05 Å². The van der Waals surface area contributed by atoms with E-state index in [1.165, 1.54) is 11.3 Å². The second-order valence-corrected chi connectivity index (χ2v) is 6.47. The second-order valence-electron chi connectivity index (χ2n) is 5.45. The number of nitrogens with one attached hydrogen (secondary N) is 3. The maximum atomic E-state index is 12.6. The molecule has 1 atom stereocenters. The third kappa shape index (κ3) is 2.06. The van der Waals surface area contributed by atoms with Gasteiger partial charge in [-0.3, -0.25) is 9.89 Å². The standard InChI is InChI=1S/C14H17N5O2S/c1-15-6-9-7-19-2-3-21-11-10(19)13(14(20)18-9)22-12(11)8-4-16-17-5-8/h4-5,9,15H,2-3,6-7H2,1H3,(H,16,17)(H,18,20)/t9-/m0/s1. The Bertz CT molecular complexity index is 696. The molecule has 1 amide bonds. The third-order valence-electron chi connectivity index (χ3n) is 3.96. The lowest BCUT2D eigenvalue weighted by molar-refractivity contribution is 0.0946. The van der Waals surface area contributed by atoms with Gasteiger partial charge in [0.1, 0.15) is 17.2 Å². The number of rotatable bonds is 3. The molecule has 2 aromatic heterocycles. The third-order valence-corrected chi connectivity index (χ3v) is 5.17. The van der Waals surface area contributed by atoms with Crippen LogP contribution in [0, 0.1) is 0 Å². The average Bonchev–Trinajstić information content (AvgIpc) is 3.11. The molecule has 2 aliphatic rings. The maximum absolute atomic E-state index is 12.6. The monoisotopic (exact) mass is 319 g/mol. The highest BCUT2D eigenvalue weighted by molar-refractivity contribution is 7.18. The van der Waals surface area contributed by atoms with E-state index in [-0.39, 0.29) is 11.9 Å². The maximum Gasteiger partial charge on any atom is 0.263 e. The number of amides is 1. The number of aromatic nitrogens is 2.